The maximum atomic E-state index is 12.4. The van der Waals surface area contributed by atoms with Crippen LogP contribution in [0.25, 0.3) is 0 Å². The van der Waals surface area contributed by atoms with E-state index < -0.39 is 0 Å². The van der Waals surface area contributed by atoms with Crippen molar-refractivity contribution >= 4 is 5.91 Å². The topological polar surface area (TPSA) is 64.4 Å². The van der Waals surface area contributed by atoms with E-state index in [2.05, 4.69) is 5.32 Å². The van der Waals surface area contributed by atoms with Gasteiger partial charge in [-0.3, -0.25) is 4.79 Å². The second kappa shape index (κ2) is 4.85. The van der Waals surface area contributed by atoms with Crippen LogP contribution in [0.4, 0.5) is 0 Å². The summed E-state index contributed by atoms with van der Waals surface area (Å²) in [5.74, 6) is 0.998. The highest BCUT2D eigenvalue weighted by Gasteiger charge is 2.43. The molecule has 1 unspecified atom stereocenters. The lowest BCUT2D eigenvalue weighted by atomic mass is 9.68. The van der Waals surface area contributed by atoms with Gasteiger partial charge in [-0.05, 0) is 18.9 Å². The van der Waals surface area contributed by atoms with Crippen LogP contribution in [-0.4, -0.2) is 19.1 Å². The fourth-order valence-corrected chi connectivity index (χ4v) is 2.93. The molecule has 0 spiro atoms. The maximum absolute atomic E-state index is 12.4. The predicted octanol–water partition coefficient (Wildman–Crippen LogP) is 1.76. The summed E-state index contributed by atoms with van der Waals surface area (Å²) in [7, 11) is 0. The molecule has 3 rings (SSSR count). The molecule has 1 aromatic carbocycles. The molecule has 4 heteroatoms. The van der Waals surface area contributed by atoms with Crippen molar-refractivity contribution in [1.82, 2.24) is 5.32 Å². The van der Waals surface area contributed by atoms with Crippen molar-refractivity contribution in [2.45, 2.75) is 31.7 Å². The second-order valence-electron chi connectivity index (χ2n) is 5.54. The van der Waals surface area contributed by atoms with E-state index in [0.29, 0.717) is 13.2 Å². The average Bonchev–Trinajstić information content (AvgIpc) is 2.38. The van der Waals surface area contributed by atoms with Crippen molar-refractivity contribution in [3.8, 4) is 5.75 Å². The Morgan fingerprint density at radius 3 is 2.89 bits per heavy atom. The number of amides is 1. The van der Waals surface area contributed by atoms with Crippen LogP contribution in [-0.2, 0) is 4.79 Å². The molecule has 0 saturated heterocycles. The molecule has 0 radical (unpaired) electrons. The van der Waals surface area contributed by atoms with Crippen molar-refractivity contribution in [3.63, 3.8) is 0 Å². The Morgan fingerprint density at radius 2 is 2.21 bits per heavy atom. The number of carbonyl (C=O) groups is 1. The van der Waals surface area contributed by atoms with Gasteiger partial charge in [-0.2, -0.15) is 0 Å². The number of hydrogen-bond donors (Lipinski definition) is 2. The number of benzene rings is 1. The molecule has 102 valence electrons. The third kappa shape index (κ3) is 2.10. The normalized spacial score (nSPS) is 23.7. The first kappa shape index (κ1) is 12.5. The SMILES string of the molecule is NCC1(C(=O)NC2CCOc3ccccc32)CCC1. The van der Waals surface area contributed by atoms with Gasteiger partial charge in [-0.15, -0.1) is 0 Å². The highest BCUT2D eigenvalue weighted by molar-refractivity contribution is 5.84. The van der Waals surface area contributed by atoms with Crippen molar-refractivity contribution in [1.29, 1.82) is 0 Å². The molecule has 1 amide bonds. The highest BCUT2D eigenvalue weighted by Crippen LogP contribution is 2.41. The molecule has 0 bridgehead atoms. The van der Waals surface area contributed by atoms with Gasteiger partial charge in [0.05, 0.1) is 18.1 Å². The molecule has 19 heavy (non-hydrogen) atoms. The van der Waals surface area contributed by atoms with Crippen LogP contribution in [0.5, 0.6) is 5.75 Å². The molecule has 1 fully saturated rings. The minimum Gasteiger partial charge on any atom is -0.493 e. The number of carbonyl (C=O) groups excluding carboxylic acids is 1. The Bertz CT molecular complexity index is 477. The molecule has 1 aromatic rings. The molecule has 1 saturated carbocycles. The minimum absolute atomic E-state index is 0.0569. The number of fused-ring (bicyclic) bond motifs is 1. The Labute approximate surface area is 113 Å². The Morgan fingerprint density at radius 1 is 1.42 bits per heavy atom. The first-order valence-corrected chi connectivity index (χ1v) is 6.98. The molecule has 1 heterocycles. The van der Waals surface area contributed by atoms with Gasteiger partial charge in [-0.1, -0.05) is 24.6 Å². The van der Waals surface area contributed by atoms with Crippen LogP contribution >= 0.6 is 0 Å². The zero-order valence-corrected chi connectivity index (χ0v) is 11.0. The average molecular weight is 260 g/mol. The summed E-state index contributed by atoms with van der Waals surface area (Å²) in [6.07, 6.45) is 3.76. The minimum atomic E-state index is -0.312. The van der Waals surface area contributed by atoms with Crippen molar-refractivity contribution in [3.05, 3.63) is 29.8 Å². The first-order valence-electron chi connectivity index (χ1n) is 6.98. The van der Waals surface area contributed by atoms with Crippen molar-refractivity contribution in [2.24, 2.45) is 11.1 Å². The lowest BCUT2D eigenvalue weighted by molar-refractivity contribution is -0.136. The summed E-state index contributed by atoms with van der Waals surface area (Å²) in [6, 6.07) is 7.97. The monoisotopic (exact) mass is 260 g/mol. The highest BCUT2D eigenvalue weighted by atomic mass is 16.5. The molecular formula is C15H20N2O2. The summed E-state index contributed by atoms with van der Waals surface area (Å²) in [5, 5.41) is 3.17. The molecular weight excluding hydrogens is 240 g/mol. The van der Waals surface area contributed by atoms with E-state index in [1.54, 1.807) is 0 Å². The van der Waals surface area contributed by atoms with E-state index in [9.17, 15) is 4.79 Å². The third-order valence-corrected chi connectivity index (χ3v) is 4.45. The molecule has 4 nitrogen and oxygen atoms in total. The zero-order valence-electron chi connectivity index (χ0n) is 11.0. The zero-order chi connectivity index (χ0) is 13.3. The van der Waals surface area contributed by atoms with E-state index in [1.807, 2.05) is 24.3 Å². The fraction of sp³-hybridized carbons (Fsp3) is 0.533. The van der Waals surface area contributed by atoms with Gasteiger partial charge < -0.3 is 15.8 Å². The standard InChI is InChI=1S/C15H20N2O2/c16-10-15(7-3-8-15)14(18)17-12-6-9-19-13-5-2-1-4-11(12)13/h1-2,4-5,12H,3,6-10,16H2,(H,17,18). The first-order chi connectivity index (χ1) is 9.25. The number of nitrogens with two attached hydrogens (primary N) is 1. The number of rotatable bonds is 3. The van der Waals surface area contributed by atoms with Gasteiger partial charge in [0.1, 0.15) is 5.75 Å². The van der Waals surface area contributed by atoms with E-state index in [4.69, 9.17) is 10.5 Å². The summed E-state index contributed by atoms with van der Waals surface area (Å²) in [6.45, 7) is 1.10. The summed E-state index contributed by atoms with van der Waals surface area (Å²) >= 11 is 0. The van der Waals surface area contributed by atoms with E-state index in [-0.39, 0.29) is 17.4 Å². The number of ether oxygens (including phenoxy) is 1. The van der Waals surface area contributed by atoms with E-state index in [0.717, 1.165) is 37.0 Å². The predicted molar refractivity (Wildman–Crippen MR) is 72.8 cm³/mol. The molecule has 1 aliphatic heterocycles. The van der Waals surface area contributed by atoms with Crippen molar-refractivity contribution < 1.29 is 9.53 Å². The quantitative estimate of drug-likeness (QED) is 0.870. The molecule has 0 aromatic heterocycles. The fourth-order valence-electron chi connectivity index (χ4n) is 2.93. The Kier molecular flexibility index (Phi) is 3.19. The summed E-state index contributed by atoms with van der Waals surface area (Å²) in [4.78, 5) is 12.4. The van der Waals surface area contributed by atoms with Gasteiger partial charge in [0.2, 0.25) is 5.91 Å². The van der Waals surface area contributed by atoms with Crippen LogP contribution < -0.4 is 15.8 Å². The van der Waals surface area contributed by atoms with E-state index in [1.165, 1.54) is 0 Å². The van der Waals surface area contributed by atoms with Gasteiger partial charge in [0, 0.05) is 18.5 Å². The van der Waals surface area contributed by atoms with E-state index >= 15 is 0 Å². The summed E-state index contributed by atoms with van der Waals surface area (Å²) < 4.78 is 5.61. The molecule has 1 aliphatic carbocycles. The Balaban J connectivity index is 1.76. The number of para-hydroxylation sites is 1. The molecule has 2 aliphatic rings. The number of hydrogen-bond acceptors (Lipinski definition) is 3. The smallest absolute Gasteiger partial charge is 0.227 e. The molecule has 3 N–H and O–H groups in total. The summed E-state index contributed by atoms with van der Waals surface area (Å²) in [5.41, 5.74) is 6.55. The lowest BCUT2D eigenvalue weighted by Gasteiger charge is -2.40. The Hall–Kier alpha value is -1.55. The van der Waals surface area contributed by atoms with Gasteiger partial charge in [0.25, 0.3) is 0 Å². The molecule has 1 atom stereocenters. The van der Waals surface area contributed by atoms with Crippen LogP contribution in [0.3, 0.4) is 0 Å². The van der Waals surface area contributed by atoms with Gasteiger partial charge in [0.15, 0.2) is 0 Å². The van der Waals surface area contributed by atoms with Crippen molar-refractivity contribution in [2.75, 3.05) is 13.2 Å². The number of nitrogens with one attached hydrogen (secondary N) is 1. The van der Waals surface area contributed by atoms with Gasteiger partial charge >= 0.3 is 0 Å². The van der Waals surface area contributed by atoms with Crippen LogP contribution in [0, 0.1) is 5.41 Å². The second-order valence-corrected chi connectivity index (χ2v) is 5.54. The lowest BCUT2D eigenvalue weighted by Crippen LogP contribution is -2.51. The van der Waals surface area contributed by atoms with Crippen LogP contribution in [0.2, 0.25) is 0 Å². The van der Waals surface area contributed by atoms with Crippen LogP contribution in [0.15, 0.2) is 24.3 Å². The third-order valence-electron chi connectivity index (χ3n) is 4.45. The largest absolute Gasteiger partial charge is 0.493 e. The van der Waals surface area contributed by atoms with Crippen LogP contribution in [0.1, 0.15) is 37.3 Å². The van der Waals surface area contributed by atoms with Gasteiger partial charge in [-0.25, -0.2) is 0 Å². The maximum Gasteiger partial charge on any atom is 0.227 e.